The van der Waals surface area contributed by atoms with Gasteiger partial charge in [0.1, 0.15) is 0 Å². The minimum atomic E-state index is -0.0984. The zero-order valence-corrected chi connectivity index (χ0v) is 4.63. The Morgan fingerprint density at radius 2 is 2.25 bits per heavy atom. The molecule has 2 N–H and O–H groups in total. The second kappa shape index (κ2) is 1.13. The third-order valence-electron chi connectivity index (χ3n) is 2.21. The first kappa shape index (κ1) is 4.50. The lowest BCUT2D eigenvalue weighted by Gasteiger charge is -1.98. The van der Waals surface area contributed by atoms with Gasteiger partial charge in [-0.3, -0.25) is 4.79 Å². The average Bonchev–Trinajstić information content (AvgIpc) is 2.39. The molecule has 0 aliphatic heterocycles. The fourth-order valence-corrected chi connectivity index (χ4v) is 1.57. The van der Waals surface area contributed by atoms with Gasteiger partial charge in [-0.25, -0.2) is 0 Å². The summed E-state index contributed by atoms with van der Waals surface area (Å²) in [7, 11) is 0. The molecular formula is C6H9NO. The van der Waals surface area contributed by atoms with Gasteiger partial charge in [0.25, 0.3) is 0 Å². The zero-order valence-electron chi connectivity index (χ0n) is 4.63. The van der Waals surface area contributed by atoms with Gasteiger partial charge in [-0.05, 0) is 18.8 Å². The van der Waals surface area contributed by atoms with Crippen molar-refractivity contribution in [3.63, 3.8) is 0 Å². The molecule has 2 heteroatoms. The van der Waals surface area contributed by atoms with Crippen LogP contribution in [-0.2, 0) is 4.79 Å². The Morgan fingerprint density at radius 3 is 2.50 bits per heavy atom. The quantitative estimate of drug-likeness (QED) is 0.475. The van der Waals surface area contributed by atoms with Crippen LogP contribution in [0.1, 0.15) is 12.8 Å². The lowest BCUT2D eigenvalue weighted by Crippen LogP contribution is -2.27. The molecule has 0 amide bonds. The summed E-state index contributed by atoms with van der Waals surface area (Å²) in [5.41, 5.74) is 5.45. The highest BCUT2D eigenvalue weighted by Crippen LogP contribution is 2.48. The predicted molar refractivity (Wildman–Crippen MR) is 29.2 cm³/mol. The number of rotatable bonds is 0. The van der Waals surface area contributed by atoms with Gasteiger partial charge >= 0.3 is 0 Å². The molecule has 8 heavy (non-hydrogen) atoms. The van der Waals surface area contributed by atoms with Crippen LogP contribution in [0.5, 0.6) is 0 Å². The molecule has 2 rings (SSSR count). The smallest absolute Gasteiger partial charge is 0.152 e. The molecule has 0 saturated heterocycles. The topological polar surface area (TPSA) is 43.1 Å². The average molecular weight is 111 g/mol. The van der Waals surface area contributed by atoms with Crippen LogP contribution in [0.25, 0.3) is 0 Å². The van der Waals surface area contributed by atoms with Gasteiger partial charge < -0.3 is 5.73 Å². The molecule has 44 valence electrons. The van der Waals surface area contributed by atoms with Crippen LogP contribution in [0.3, 0.4) is 0 Å². The standard InChI is InChI=1S/C6H9NO/c7-5-2-3-1-4(3)6(5)8/h3-5H,1-2,7H2/t3-,4-,5-/m0/s1. The third kappa shape index (κ3) is 0.388. The highest BCUT2D eigenvalue weighted by atomic mass is 16.1. The monoisotopic (exact) mass is 111 g/mol. The molecule has 0 spiro atoms. The van der Waals surface area contributed by atoms with Crippen molar-refractivity contribution >= 4 is 5.78 Å². The van der Waals surface area contributed by atoms with Crippen molar-refractivity contribution in [2.45, 2.75) is 18.9 Å². The summed E-state index contributed by atoms with van der Waals surface area (Å²) in [5, 5.41) is 0. The number of carbonyl (C=O) groups excluding carboxylic acids is 1. The molecule has 0 aromatic rings. The SMILES string of the molecule is N[C@H]1C[C@@H]2C[C@@H]2C1=O. The number of hydrogen-bond donors (Lipinski definition) is 1. The van der Waals surface area contributed by atoms with Crippen LogP contribution in [0, 0.1) is 11.8 Å². The van der Waals surface area contributed by atoms with E-state index in [1.165, 1.54) is 0 Å². The summed E-state index contributed by atoms with van der Waals surface area (Å²) in [6.07, 6.45) is 2.09. The largest absolute Gasteiger partial charge is 0.321 e. The molecule has 0 heterocycles. The number of ketones is 1. The number of Topliss-reactive ketones (excluding diaryl/α,β-unsaturated/α-hetero) is 1. The van der Waals surface area contributed by atoms with E-state index < -0.39 is 0 Å². The van der Waals surface area contributed by atoms with Crippen molar-refractivity contribution in [2.24, 2.45) is 17.6 Å². The Morgan fingerprint density at radius 1 is 1.50 bits per heavy atom. The van der Waals surface area contributed by atoms with E-state index in [4.69, 9.17) is 5.73 Å². The van der Waals surface area contributed by atoms with Gasteiger partial charge in [-0.1, -0.05) is 0 Å². The summed E-state index contributed by atoms with van der Waals surface area (Å²) in [4.78, 5) is 10.8. The summed E-state index contributed by atoms with van der Waals surface area (Å²) >= 11 is 0. The second-order valence-corrected chi connectivity index (χ2v) is 2.85. The third-order valence-corrected chi connectivity index (χ3v) is 2.21. The number of hydrogen-bond acceptors (Lipinski definition) is 2. The first-order chi connectivity index (χ1) is 3.79. The maximum absolute atomic E-state index is 10.8. The zero-order chi connectivity index (χ0) is 5.72. The molecule has 2 nitrogen and oxygen atoms in total. The first-order valence-electron chi connectivity index (χ1n) is 3.08. The van der Waals surface area contributed by atoms with Crippen molar-refractivity contribution in [1.29, 1.82) is 0 Å². The molecular weight excluding hydrogens is 102 g/mol. The Bertz CT molecular complexity index is 139. The van der Waals surface area contributed by atoms with Crippen LogP contribution >= 0.6 is 0 Å². The van der Waals surface area contributed by atoms with E-state index >= 15 is 0 Å². The molecule has 0 aromatic carbocycles. The van der Waals surface area contributed by atoms with Crippen LogP contribution in [0.15, 0.2) is 0 Å². The summed E-state index contributed by atoms with van der Waals surface area (Å²) in [6.45, 7) is 0. The Kier molecular flexibility index (Phi) is 0.637. The van der Waals surface area contributed by atoms with Crippen molar-refractivity contribution in [2.75, 3.05) is 0 Å². The fraction of sp³-hybridized carbons (Fsp3) is 0.833. The van der Waals surface area contributed by atoms with Crippen molar-refractivity contribution in [3.8, 4) is 0 Å². The highest BCUT2D eigenvalue weighted by Gasteiger charge is 2.51. The second-order valence-electron chi connectivity index (χ2n) is 2.85. The fourth-order valence-electron chi connectivity index (χ4n) is 1.57. The van der Waals surface area contributed by atoms with Gasteiger partial charge in [0.2, 0.25) is 0 Å². The van der Waals surface area contributed by atoms with Crippen LogP contribution in [-0.4, -0.2) is 11.8 Å². The number of fused-ring (bicyclic) bond motifs is 1. The lowest BCUT2D eigenvalue weighted by molar-refractivity contribution is -0.120. The van der Waals surface area contributed by atoms with Crippen molar-refractivity contribution in [3.05, 3.63) is 0 Å². The maximum Gasteiger partial charge on any atom is 0.152 e. The van der Waals surface area contributed by atoms with E-state index in [-0.39, 0.29) is 6.04 Å². The minimum absolute atomic E-state index is 0.0984. The van der Waals surface area contributed by atoms with Crippen LogP contribution < -0.4 is 5.73 Å². The van der Waals surface area contributed by atoms with Gasteiger partial charge in [-0.15, -0.1) is 0 Å². The van der Waals surface area contributed by atoms with Gasteiger partial charge in [0.15, 0.2) is 5.78 Å². The van der Waals surface area contributed by atoms with Crippen molar-refractivity contribution < 1.29 is 4.79 Å². The van der Waals surface area contributed by atoms with Crippen molar-refractivity contribution in [1.82, 2.24) is 0 Å². The van der Waals surface area contributed by atoms with E-state index in [9.17, 15) is 4.79 Å². The van der Waals surface area contributed by atoms with Gasteiger partial charge in [-0.2, -0.15) is 0 Å². The van der Waals surface area contributed by atoms with Gasteiger partial charge in [0, 0.05) is 5.92 Å². The van der Waals surface area contributed by atoms with E-state index in [2.05, 4.69) is 0 Å². The first-order valence-corrected chi connectivity index (χ1v) is 3.08. The Balaban J connectivity index is 2.19. The molecule has 0 aromatic heterocycles. The van der Waals surface area contributed by atoms with E-state index in [0.29, 0.717) is 17.6 Å². The highest BCUT2D eigenvalue weighted by molar-refractivity contribution is 5.91. The van der Waals surface area contributed by atoms with Gasteiger partial charge in [0.05, 0.1) is 6.04 Å². The molecule has 0 unspecified atom stereocenters. The van der Waals surface area contributed by atoms with Crippen LogP contribution in [0.2, 0.25) is 0 Å². The molecule has 0 radical (unpaired) electrons. The lowest BCUT2D eigenvalue weighted by atomic mass is 10.2. The minimum Gasteiger partial charge on any atom is -0.321 e. The van der Waals surface area contributed by atoms with E-state index in [1.807, 2.05) is 0 Å². The normalized spacial score (nSPS) is 51.6. The van der Waals surface area contributed by atoms with E-state index in [0.717, 1.165) is 12.8 Å². The Hall–Kier alpha value is -0.370. The number of nitrogens with two attached hydrogens (primary N) is 1. The predicted octanol–water partition coefficient (Wildman–Crippen LogP) is -0.0774. The molecule has 2 aliphatic rings. The van der Waals surface area contributed by atoms with E-state index in [1.54, 1.807) is 0 Å². The Labute approximate surface area is 48.1 Å². The summed E-state index contributed by atoms with van der Waals surface area (Å²) in [5.74, 6) is 1.40. The molecule has 2 aliphatic carbocycles. The molecule has 2 fully saturated rings. The molecule has 2 saturated carbocycles. The molecule has 3 atom stereocenters. The summed E-state index contributed by atoms with van der Waals surface area (Å²) in [6, 6.07) is -0.0984. The maximum atomic E-state index is 10.8. The van der Waals surface area contributed by atoms with Crippen LogP contribution in [0.4, 0.5) is 0 Å². The summed E-state index contributed by atoms with van der Waals surface area (Å²) < 4.78 is 0. The molecule has 0 bridgehead atoms. The number of carbonyl (C=O) groups is 1.